The van der Waals surface area contributed by atoms with Gasteiger partial charge in [-0.25, -0.2) is 18.6 Å². The van der Waals surface area contributed by atoms with Crippen LogP contribution in [-0.4, -0.2) is 158 Å². The van der Waals surface area contributed by atoms with E-state index in [9.17, 15) is 74.6 Å². The fourth-order valence-corrected chi connectivity index (χ4v) is 20.0. The number of hydrogen-bond donors (Lipinski definition) is 6. The van der Waals surface area contributed by atoms with E-state index in [2.05, 4.69) is 40.3 Å². The number of ether oxygens (including phenoxy) is 4. The van der Waals surface area contributed by atoms with Crippen molar-refractivity contribution in [2.24, 2.45) is 28.3 Å². The SMILES string of the molecule is CC(=O)OC[C@@H](C)[C@@H](OC(C)=O)[C@H](C)[C@@H](OC(C)=O)C(=O)NCCOCCN(C)Cc1cccc(C(=O)Nc2sc3c(c2C(=O)N/N=C/c2ccc(Cl)c(C(F)(F)F)c2)CCC(C)(C)C3)c1.CCCN(C1CCC(C(=O)O)CC1)S(=O)(=O)c1cccc(C(=O)Nc2sc3c(c2C(=O)Cc2ccc(CCCc4ccc(C(=O)O)cc4)cc2)CCCC3)c1. The highest BCUT2D eigenvalue weighted by Gasteiger charge is 2.41. The van der Waals surface area contributed by atoms with Crippen molar-refractivity contribution < 1.29 is 98.7 Å². The zero-order valence-corrected chi connectivity index (χ0v) is 72.5. The normalized spacial score (nSPS) is 16.1. The first-order valence-electron chi connectivity index (χ1n) is 40.4. The number of sulfonamides is 1. The number of nitrogens with one attached hydrogen (secondary N) is 4. The van der Waals surface area contributed by atoms with E-state index < -0.39 is 110 Å². The van der Waals surface area contributed by atoms with Crippen molar-refractivity contribution in [1.82, 2.24) is 19.9 Å². The predicted molar refractivity (Wildman–Crippen MR) is 455 cm³/mol. The molecule has 0 radical (unpaired) electrons. The second kappa shape index (κ2) is 43.7. The number of likely N-dealkylation sites (N-methyl/N-ethyl adjacent to an activating group) is 1. The summed E-state index contributed by atoms with van der Waals surface area (Å²) in [6, 6.07) is 31.0. The molecule has 0 saturated heterocycles. The molecule has 1 saturated carbocycles. The Labute approximate surface area is 715 Å². The molecule has 2 heterocycles. The van der Waals surface area contributed by atoms with E-state index in [1.165, 1.54) is 59.0 Å². The van der Waals surface area contributed by atoms with Crippen LogP contribution in [0.15, 0.2) is 125 Å². The molecular formula is C89H105ClF3N7O18S3. The molecule has 1 fully saturated rings. The Kier molecular flexibility index (Phi) is 34.2. The number of hydrazone groups is 1. The van der Waals surface area contributed by atoms with Gasteiger partial charge in [0.1, 0.15) is 16.1 Å². The number of benzene rings is 5. The van der Waals surface area contributed by atoms with Gasteiger partial charge in [0.05, 0.1) is 64.1 Å². The molecule has 0 aliphatic heterocycles. The average Bonchev–Trinajstić information content (AvgIpc) is 1.63. The maximum atomic E-state index is 14.0. The number of nitrogens with zero attached hydrogens (tertiary/aromatic N) is 3. The molecule has 0 unspecified atom stereocenters. The Morgan fingerprint density at radius 2 is 1.31 bits per heavy atom. The summed E-state index contributed by atoms with van der Waals surface area (Å²) in [5.74, 6) is -7.63. The number of Topliss-reactive ketones (excluding diaryl/α,β-unsaturated/α-hetero) is 1. The number of ketones is 1. The van der Waals surface area contributed by atoms with E-state index in [-0.39, 0.29) is 70.6 Å². The summed E-state index contributed by atoms with van der Waals surface area (Å²) in [5, 5.41) is 31.4. The summed E-state index contributed by atoms with van der Waals surface area (Å²) in [6.45, 7) is 14.7. The van der Waals surface area contributed by atoms with Crippen LogP contribution in [0.5, 0.6) is 0 Å². The number of rotatable bonds is 37. The lowest BCUT2D eigenvalue weighted by atomic mass is 9.77. The largest absolute Gasteiger partial charge is 0.481 e. The summed E-state index contributed by atoms with van der Waals surface area (Å²) in [6.07, 6.45) is 4.96. The number of anilines is 2. The highest BCUT2D eigenvalue weighted by Crippen LogP contribution is 2.45. The minimum absolute atomic E-state index is 0.00794. The number of carboxylic acid groups (broad SMARTS) is 2. The number of carbonyl (C=O) groups excluding carboxylic acids is 8. The van der Waals surface area contributed by atoms with Gasteiger partial charge in [-0.05, 0) is 202 Å². The Balaban J connectivity index is 0.000000279. The Hall–Kier alpha value is -10.0. The molecule has 4 atom stereocenters. The number of aryl methyl sites for hydroxylation is 3. The summed E-state index contributed by atoms with van der Waals surface area (Å²) in [7, 11) is -2.10. The number of carbonyl (C=O) groups is 10. The number of esters is 3. The van der Waals surface area contributed by atoms with Crippen molar-refractivity contribution in [2.45, 2.75) is 194 Å². The van der Waals surface area contributed by atoms with E-state index in [1.54, 1.807) is 56.3 Å². The smallest absolute Gasteiger partial charge is 0.417 e. The molecule has 10 rings (SSSR count). The molecule has 121 heavy (non-hydrogen) atoms. The quantitative estimate of drug-likeness (QED) is 0.00526. The third kappa shape index (κ3) is 27.0. The lowest BCUT2D eigenvalue weighted by Crippen LogP contribution is -2.48. The summed E-state index contributed by atoms with van der Waals surface area (Å²) in [5.41, 5.74) is 8.75. The van der Waals surface area contributed by atoms with Gasteiger partial charge in [-0.2, -0.15) is 22.6 Å². The van der Waals surface area contributed by atoms with E-state index >= 15 is 0 Å². The summed E-state index contributed by atoms with van der Waals surface area (Å²) < 4.78 is 91.2. The van der Waals surface area contributed by atoms with Crippen LogP contribution in [0, 0.1) is 23.2 Å². The molecule has 2 aromatic heterocycles. The van der Waals surface area contributed by atoms with Crippen LogP contribution in [0.1, 0.15) is 219 Å². The maximum absolute atomic E-state index is 14.0. The lowest BCUT2D eigenvalue weighted by Gasteiger charge is -2.35. The van der Waals surface area contributed by atoms with Gasteiger partial charge in [-0.15, -0.1) is 22.7 Å². The number of fused-ring (bicyclic) bond motifs is 2. The van der Waals surface area contributed by atoms with Crippen molar-refractivity contribution in [3.8, 4) is 0 Å². The first kappa shape index (κ1) is 94.8. The molecule has 5 aromatic carbocycles. The molecule has 6 N–H and O–H groups in total. The van der Waals surface area contributed by atoms with Crippen LogP contribution < -0.4 is 21.4 Å². The number of halogens is 4. The average molecular weight is 1750 g/mol. The van der Waals surface area contributed by atoms with Crippen LogP contribution >= 0.6 is 34.3 Å². The maximum Gasteiger partial charge on any atom is 0.417 e. The summed E-state index contributed by atoms with van der Waals surface area (Å²) in [4.78, 5) is 130. The molecule has 0 spiro atoms. The molecule has 32 heteroatoms. The fourth-order valence-electron chi connectivity index (χ4n) is 15.2. The van der Waals surface area contributed by atoms with Gasteiger partial charge >= 0.3 is 36.0 Å². The number of thiophene rings is 2. The number of amides is 4. The number of aromatic carboxylic acids is 1. The van der Waals surface area contributed by atoms with E-state index in [1.807, 2.05) is 61.3 Å². The van der Waals surface area contributed by atoms with Gasteiger partial charge in [-0.1, -0.05) is 107 Å². The number of aliphatic carboxylic acids is 1. The Morgan fingerprint density at radius 1 is 0.694 bits per heavy atom. The fraction of sp³-hybridized carbons (Fsp3) is 0.449. The second-order valence-corrected chi connectivity index (χ2v) is 36.2. The van der Waals surface area contributed by atoms with E-state index in [0.717, 1.165) is 120 Å². The van der Waals surface area contributed by atoms with Crippen LogP contribution in [0.3, 0.4) is 0 Å². The highest BCUT2D eigenvalue weighted by molar-refractivity contribution is 7.89. The lowest BCUT2D eigenvalue weighted by molar-refractivity contribution is -0.169. The first-order chi connectivity index (χ1) is 57.4. The minimum atomic E-state index is -4.67. The zero-order chi connectivity index (χ0) is 88.0. The summed E-state index contributed by atoms with van der Waals surface area (Å²) >= 11 is 8.48. The van der Waals surface area contributed by atoms with Gasteiger partial charge in [0, 0.05) is 92.1 Å². The molecular weight excluding hydrogens is 1640 g/mol. The van der Waals surface area contributed by atoms with Gasteiger partial charge in [0.2, 0.25) is 10.0 Å². The van der Waals surface area contributed by atoms with Crippen LogP contribution in [-0.2, 0) is 111 Å². The molecule has 0 bridgehead atoms. The molecule has 650 valence electrons. The Morgan fingerprint density at radius 3 is 1.93 bits per heavy atom. The van der Waals surface area contributed by atoms with Gasteiger partial charge in [0.15, 0.2) is 11.9 Å². The number of alkyl halides is 3. The predicted octanol–water partition coefficient (Wildman–Crippen LogP) is 15.4. The highest BCUT2D eigenvalue weighted by atomic mass is 35.5. The van der Waals surface area contributed by atoms with Gasteiger partial charge in [-0.3, -0.25) is 48.1 Å². The molecule has 4 amide bonds. The number of hydrogen-bond acceptors (Lipinski definition) is 20. The van der Waals surface area contributed by atoms with Crippen molar-refractivity contribution >= 4 is 120 Å². The number of carboxylic acids is 2. The van der Waals surface area contributed by atoms with Crippen molar-refractivity contribution in [3.05, 3.63) is 202 Å². The Bertz CT molecular complexity index is 5020. The standard InChI is InChI=1S/C46H57ClF3N5O10S.C43H48N2O8S2/c1-26(25-63-28(3)56)39(64-29(4)57)27(2)40(65-30(5)58)43(61)51-16-18-62-19-17-55(8)24-32-10-9-11-33(20-32)41(59)53-44-38(34-14-15-45(6,7)22-37(34)66-44)42(60)54-52-23-31-12-13-36(47)35(21-31)46(48,49)50;1-2-25-45(34-23-21-32(22-24-34)43(50)51)55(52,53)35-10-6-9-33(27-35)40(47)44-41-39(36-11-3-4-12-38(36)54-41)37(46)26-30-15-13-28(14-16-30)7-5-8-29-17-19-31(20-18-29)42(48)49/h9-13,20-21,23,26-27,39-40H,14-19,22,24-25H2,1-8H3,(H,51,61)(H,53,59)(H,54,60);6,9-10,13-20,27,32,34H,2-5,7-8,11-12,21-26H2,1H3,(H,44,47)(H,48,49)(H,50,51)/b52-23+;/t26-,27+,39-,40-;/m1./s1. The van der Waals surface area contributed by atoms with E-state index in [4.69, 9.17) is 35.7 Å². The third-order valence-corrected chi connectivity index (χ3v) is 26.1. The van der Waals surface area contributed by atoms with Gasteiger partial charge in [0.25, 0.3) is 23.6 Å². The third-order valence-electron chi connectivity index (χ3n) is 21.5. The first-order valence-corrected chi connectivity index (χ1v) is 43.9. The van der Waals surface area contributed by atoms with Crippen LogP contribution in [0.25, 0.3) is 0 Å². The molecule has 25 nitrogen and oxygen atoms in total. The monoisotopic (exact) mass is 1750 g/mol. The molecule has 3 aliphatic carbocycles. The molecule has 7 aromatic rings. The topological polar surface area (TPSA) is 349 Å². The minimum Gasteiger partial charge on any atom is -0.481 e. The van der Waals surface area contributed by atoms with Crippen molar-refractivity contribution in [2.75, 3.05) is 57.1 Å². The second-order valence-electron chi connectivity index (χ2n) is 31.7. The van der Waals surface area contributed by atoms with E-state index in [0.29, 0.717) is 92.3 Å². The van der Waals surface area contributed by atoms with Crippen LogP contribution in [0.4, 0.5) is 23.2 Å². The molecule has 3 aliphatic rings. The zero-order valence-electron chi connectivity index (χ0n) is 69.3. The van der Waals surface area contributed by atoms with Crippen molar-refractivity contribution in [1.29, 1.82) is 0 Å². The van der Waals surface area contributed by atoms with Crippen molar-refractivity contribution in [3.63, 3.8) is 0 Å². The van der Waals surface area contributed by atoms with Crippen LogP contribution in [0.2, 0.25) is 5.02 Å². The van der Waals surface area contributed by atoms with Gasteiger partial charge < -0.3 is 45.1 Å².